The number of phosphoric acid groups is 1. The van der Waals surface area contributed by atoms with Gasteiger partial charge in [-0.25, -0.2) is 4.57 Å². The zero-order valence-corrected chi connectivity index (χ0v) is 9.70. The van der Waals surface area contributed by atoms with Gasteiger partial charge in [0, 0.05) is 0 Å². The van der Waals surface area contributed by atoms with E-state index in [1.54, 1.807) is 0 Å². The third-order valence-corrected chi connectivity index (χ3v) is 2.81. The summed E-state index contributed by atoms with van der Waals surface area (Å²) in [6.07, 6.45) is -11.2. The molecule has 0 aromatic heterocycles. The van der Waals surface area contributed by atoms with Gasteiger partial charge in [0.05, 0.1) is 0 Å². The van der Waals surface area contributed by atoms with Crippen LogP contribution in [0.2, 0.25) is 0 Å². The number of carbonyl (C=O) groups excluding carboxylic acids is 1. The molecule has 1 rings (SSSR count). The van der Waals surface area contributed by atoms with E-state index in [0.717, 1.165) is 0 Å². The van der Waals surface area contributed by atoms with Crippen LogP contribution in [0, 0.1) is 0 Å². The van der Waals surface area contributed by atoms with Crippen molar-refractivity contribution in [3.63, 3.8) is 0 Å². The number of aliphatic hydroxyl groups is 4. The molecule has 0 saturated carbocycles. The molecule has 1 aliphatic rings. The summed E-state index contributed by atoms with van der Waals surface area (Å²) in [5, 5.41) is 37.4. The van der Waals surface area contributed by atoms with Crippen LogP contribution in [0.3, 0.4) is 0 Å². The molecule has 0 spiro atoms. The van der Waals surface area contributed by atoms with Gasteiger partial charge in [-0.15, -0.1) is 0 Å². The Labute approximate surface area is 101 Å². The normalized spacial score (nSPS) is 39.3. The van der Waals surface area contributed by atoms with Crippen LogP contribution < -0.4 is 0 Å². The first-order chi connectivity index (χ1) is 8.17. The van der Waals surface area contributed by atoms with Crippen molar-refractivity contribution in [3.05, 3.63) is 0 Å². The van der Waals surface area contributed by atoms with Gasteiger partial charge < -0.3 is 39.7 Å². The van der Waals surface area contributed by atoms with Gasteiger partial charge in [0.1, 0.15) is 30.5 Å². The largest absolute Gasteiger partial charge is 0.472 e. The molecule has 18 heavy (non-hydrogen) atoms. The lowest BCUT2D eigenvalue weighted by Crippen LogP contribution is -2.61. The van der Waals surface area contributed by atoms with Crippen molar-refractivity contribution in [3.8, 4) is 0 Å². The molecule has 10 nitrogen and oxygen atoms in total. The Morgan fingerprint density at radius 3 is 2.17 bits per heavy atom. The van der Waals surface area contributed by atoms with Gasteiger partial charge in [-0.3, -0.25) is 4.52 Å². The maximum Gasteiger partial charge on any atom is 0.472 e. The van der Waals surface area contributed by atoms with Gasteiger partial charge in [-0.05, 0) is 0 Å². The van der Waals surface area contributed by atoms with Crippen LogP contribution in [0.5, 0.6) is 0 Å². The number of carbonyl (C=O) groups is 1. The van der Waals surface area contributed by atoms with Crippen LogP contribution in [-0.4, -0.2) is 73.3 Å². The maximum atomic E-state index is 10.6. The molecule has 0 bridgehead atoms. The Morgan fingerprint density at radius 1 is 1.17 bits per heavy atom. The standard InChI is InChI=1S/C7H13O10P/c8-1-2(9)6-4(11)3(10)5(12)7(16-6)17-18(13,14)15/h1-7,9-12H,(H2,13,14,15)/t2-,3+,4+,5?,6?,7+/m1/s1. The summed E-state index contributed by atoms with van der Waals surface area (Å²) < 4.78 is 19.3. The van der Waals surface area contributed by atoms with E-state index in [4.69, 9.17) is 9.79 Å². The third kappa shape index (κ3) is 3.54. The van der Waals surface area contributed by atoms with Crippen LogP contribution in [-0.2, 0) is 18.6 Å². The molecule has 1 fully saturated rings. The lowest BCUT2D eigenvalue weighted by molar-refractivity contribution is -0.287. The molecule has 6 atom stereocenters. The highest BCUT2D eigenvalue weighted by Gasteiger charge is 2.48. The zero-order valence-electron chi connectivity index (χ0n) is 8.80. The Bertz CT molecular complexity index is 341. The van der Waals surface area contributed by atoms with Crippen LogP contribution in [0.15, 0.2) is 0 Å². The predicted molar refractivity (Wildman–Crippen MR) is 51.9 cm³/mol. The number of rotatable bonds is 4. The third-order valence-electron chi connectivity index (χ3n) is 2.32. The fraction of sp³-hybridized carbons (Fsp3) is 0.857. The molecule has 11 heteroatoms. The number of ether oxygens (including phenoxy) is 1. The molecule has 0 radical (unpaired) electrons. The molecular formula is C7H13O10P. The van der Waals surface area contributed by atoms with Gasteiger partial charge in [0.15, 0.2) is 12.6 Å². The summed E-state index contributed by atoms with van der Waals surface area (Å²) in [7, 11) is -5.03. The minimum atomic E-state index is -5.03. The second-order valence-corrected chi connectivity index (χ2v) is 4.86. The van der Waals surface area contributed by atoms with Gasteiger partial charge in [-0.2, -0.15) is 0 Å². The number of hydrogen-bond acceptors (Lipinski definition) is 8. The summed E-state index contributed by atoms with van der Waals surface area (Å²) in [5.74, 6) is 0. The van der Waals surface area contributed by atoms with E-state index in [1.807, 2.05) is 0 Å². The van der Waals surface area contributed by atoms with E-state index in [0.29, 0.717) is 0 Å². The Kier molecular flexibility index (Phi) is 4.95. The van der Waals surface area contributed by atoms with Crippen molar-refractivity contribution in [2.75, 3.05) is 0 Å². The fourth-order valence-electron chi connectivity index (χ4n) is 1.46. The van der Waals surface area contributed by atoms with Gasteiger partial charge in [0.25, 0.3) is 0 Å². The molecule has 0 aromatic rings. The van der Waals surface area contributed by atoms with Gasteiger partial charge in [-0.1, -0.05) is 0 Å². The first kappa shape index (κ1) is 15.6. The number of hydrogen-bond donors (Lipinski definition) is 6. The van der Waals surface area contributed by atoms with Gasteiger partial charge >= 0.3 is 7.82 Å². The van der Waals surface area contributed by atoms with E-state index in [2.05, 4.69) is 9.26 Å². The quantitative estimate of drug-likeness (QED) is 0.224. The summed E-state index contributed by atoms with van der Waals surface area (Å²) in [6.45, 7) is 0. The molecule has 0 aliphatic carbocycles. The van der Waals surface area contributed by atoms with E-state index >= 15 is 0 Å². The second-order valence-electron chi connectivity index (χ2n) is 3.66. The maximum absolute atomic E-state index is 10.6. The second kappa shape index (κ2) is 5.70. The topological polar surface area (TPSA) is 174 Å². The lowest BCUT2D eigenvalue weighted by atomic mass is 9.96. The predicted octanol–water partition coefficient (Wildman–Crippen LogP) is -3.54. The van der Waals surface area contributed by atoms with Crippen molar-refractivity contribution in [2.24, 2.45) is 0 Å². The molecule has 0 aromatic carbocycles. The first-order valence-electron chi connectivity index (χ1n) is 4.74. The first-order valence-corrected chi connectivity index (χ1v) is 6.27. The fourth-order valence-corrected chi connectivity index (χ4v) is 1.90. The zero-order chi connectivity index (χ0) is 14.1. The minimum Gasteiger partial charge on any atom is -0.387 e. The average Bonchev–Trinajstić information content (AvgIpc) is 2.27. The van der Waals surface area contributed by atoms with Crippen LogP contribution in [0.1, 0.15) is 0 Å². The molecule has 6 N–H and O–H groups in total. The monoisotopic (exact) mass is 288 g/mol. The molecule has 1 aliphatic heterocycles. The molecule has 1 saturated heterocycles. The van der Waals surface area contributed by atoms with Crippen LogP contribution in [0.25, 0.3) is 0 Å². The SMILES string of the molecule is O=C[C@@H](O)C1O[C@@H](OP(=O)(O)O)C(O)[C@@H](O)[C@@H]1O. The molecule has 1 heterocycles. The van der Waals surface area contributed by atoms with E-state index in [1.165, 1.54) is 0 Å². The highest BCUT2D eigenvalue weighted by molar-refractivity contribution is 7.46. The van der Waals surface area contributed by atoms with Crippen molar-refractivity contribution in [1.29, 1.82) is 0 Å². The highest BCUT2D eigenvalue weighted by atomic mass is 31.2. The molecule has 106 valence electrons. The van der Waals surface area contributed by atoms with Crippen molar-refractivity contribution in [1.82, 2.24) is 0 Å². The van der Waals surface area contributed by atoms with Crippen molar-refractivity contribution < 1.29 is 48.8 Å². The number of phosphoric ester groups is 1. The Hall–Kier alpha value is -0.420. The summed E-state index contributed by atoms with van der Waals surface area (Å²) in [5.41, 5.74) is 0. The van der Waals surface area contributed by atoms with E-state index in [9.17, 15) is 29.8 Å². The van der Waals surface area contributed by atoms with Crippen molar-refractivity contribution in [2.45, 2.75) is 36.8 Å². The highest BCUT2D eigenvalue weighted by Crippen LogP contribution is 2.40. The molecular weight excluding hydrogens is 275 g/mol. The molecule has 2 unspecified atom stereocenters. The number of aliphatic hydroxyl groups excluding tert-OH is 4. The summed E-state index contributed by atoms with van der Waals surface area (Å²) >= 11 is 0. The minimum absolute atomic E-state index is 0.00709. The number of aldehydes is 1. The van der Waals surface area contributed by atoms with Crippen LogP contribution in [0.4, 0.5) is 0 Å². The Morgan fingerprint density at radius 2 is 1.72 bits per heavy atom. The lowest BCUT2D eigenvalue weighted by Gasteiger charge is -2.40. The van der Waals surface area contributed by atoms with E-state index in [-0.39, 0.29) is 6.29 Å². The summed E-state index contributed by atoms with van der Waals surface area (Å²) in [4.78, 5) is 27.4. The Balaban J connectivity index is 2.87. The average molecular weight is 288 g/mol. The van der Waals surface area contributed by atoms with E-state index < -0.39 is 44.6 Å². The summed E-state index contributed by atoms with van der Waals surface area (Å²) in [6, 6.07) is 0. The smallest absolute Gasteiger partial charge is 0.387 e. The molecule has 0 amide bonds. The van der Waals surface area contributed by atoms with Crippen LogP contribution >= 0.6 is 7.82 Å². The van der Waals surface area contributed by atoms with Gasteiger partial charge in [0.2, 0.25) is 0 Å². The van der Waals surface area contributed by atoms with Crippen molar-refractivity contribution >= 4 is 14.1 Å².